The first-order chi connectivity index (χ1) is 16.0. The highest BCUT2D eigenvalue weighted by molar-refractivity contribution is 7.80. The number of oxazole rings is 1. The van der Waals surface area contributed by atoms with Gasteiger partial charge in [0.1, 0.15) is 5.52 Å². The van der Waals surface area contributed by atoms with Crippen molar-refractivity contribution < 1.29 is 9.21 Å². The number of rotatable bonds is 3. The predicted octanol–water partition coefficient (Wildman–Crippen LogP) is 6.39. The van der Waals surface area contributed by atoms with Gasteiger partial charge in [-0.05, 0) is 84.4 Å². The standard InChI is InChI=1S/C27H21N3O2S/c1-16-7-12-24-23(13-16)28-26(32-24)21-9-8-17(2)22(15-21)29-27(33)30-25(31)20-11-10-18-5-3-4-6-19(18)14-20/h3-15H,1-2H3,(H2,29,30,31,33). The molecule has 1 aromatic heterocycles. The van der Waals surface area contributed by atoms with Crippen LogP contribution in [0, 0.1) is 13.8 Å². The number of aryl methyl sites for hydroxylation is 2. The summed E-state index contributed by atoms with van der Waals surface area (Å²) >= 11 is 5.41. The van der Waals surface area contributed by atoms with Crippen LogP contribution in [-0.2, 0) is 0 Å². The average molecular weight is 452 g/mol. The van der Waals surface area contributed by atoms with Gasteiger partial charge in [-0.3, -0.25) is 10.1 Å². The van der Waals surface area contributed by atoms with E-state index in [0.29, 0.717) is 11.5 Å². The number of fused-ring (bicyclic) bond motifs is 2. The molecule has 0 saturated carbocycles. The zero-order chi connectivity index (χ0) is 22.9. The topological polar surface area (TPSA) is 67.2 Å². The summed E-state index contributed by atoms with van der Waals surface area (Å²) < 4.78 is 5.92. The van der Waals surface area contributed by atoms with Crippen molar-refractivity contribution in [3.8, 4) is 11.5 Å². The molecule has 0 atom stereocenters. The molecule has 1 amide bonds. The van der Waals surface area contributed by atoms with Gasteiger partial charge < -0.3 is 9.73 Å². The zero-order valence-corrected chi connectivity index (χ0v) is 19.0. The Balaban J connectivity index is 1.34. The number of nitrogens with zero attached hydrogens (tertiary/aromatic N) is 1. The summed E-state index contributed by atoms with van der Waals surface area (Å²) in [5.74, 6) is 0.270. The van der Waals surface area contributed by atoms with Gasteiger partial charge in [-0.1, -0.05) is 42.5 Å². The number of hydrogen-bond acceptors (Lipinski definition) is 4. The molecule has 5 aromatic rings. The zero-order valence-electron chi connectivity index (χ0n) is 18.2. The molecular weight excluding hydrogens is 430 g/mol. The van der Waals surface area contributed by atoms with Crippen LogP contribution in [0.15, 0.2) is 83.3 Å². The molecule has 162 valence electrons. The fourth-order valence-corrected chi connectivity index (χ4v) is 3.91. The quantitative estimate of drug-likeness (QED) is 0.311. The van der Waals surface area contributed by atoms with Gasteiger partial charge in [-0.25, -0.2) is 4.98 Å². The van der Waals surface area contributed by atoms with Crippen molar-refractivity contribution in [2.75, 3.05) is 5.32 Å². The predicted molar refractivity (Wildman–Crippen MR) is 137 cm³/mol. The molecule has 6 heteroatoms. The molecule has 0 radical (unpaired) electrons. The first-order valence-corrected chi connectivity index (χ1v) is 11.0. The number of benzene rings is 4. The average Bonchev–Trinajstić information content (AvgIpc) is 3.23. The van der Waals surface area contributed by atoms with Crippen LogP contribution in [0.3, 0.4) is 0 Å². The smallest absolute Gasteiger partial charge is 0.257 e. The highest BCUT2D eigenvalue weighted by Crippen LogP contribution is 2.28. The first-order valence-electron chi connectivity index (χ1n) is 10.6. The Hall–Kier alpha value is -4.03. The van der Waals surface area contributed by atoms with Crippen molar-refractivity contribution in [3.05, 3.63) is 95.6 Å². The second-order valence-corrected chi connectivity index (χ2v) is 8.40. The highest BCUT2D eigenvalue weighted by Gasteiger charge is 2.13. The molecule has 0 aliphatic carbocycles. The third-order valence-corrected chi connectivity index (χ3v) is 5.72. The Morgan fingerprint density at radius 3 is 2.58 bits per heavy atom. The van der Waals surface area contributed by atoms with Crippen LogP contribution in [0.2, 0.25) is 0 Å². The van der Waals surface area contributed by atoms with Crippen LogP contribution in [0.5, 0.6) is 0 Å². The Bertz CT molecular complexity index is 1540. The summed E-state index contributed by atoms with van der Waals surface area (Å²) in [6.07, 6.45) is 0. The second-order valence-electron chi connectivity index (χ2n) is 7.99. The summed E-state index contributed by atoms with van der Waals surface area (Å²) in [7, 11) is 0. The lowest BCUT2D eigenvalue weighted by atomic mass is 10.1. The van der Waals surface area contributed by atoms with Crippen molar-refractivity contribution in [2.24, 2.45) is 0 Å². The Kier molecular flexibility index (Phi) is 5.36. The Labute approximate surface area is 196 Å². The van der Waals surface area contributed by atoms with Crippen LogP contribution in [0.25, 0.3) is 33.3 Å². The molecule has 2 N–H and O–H groups in total. The van der Waals surface area contributed by atoms with E-state index in [1.807, 2.05) is 86.6 Å². The molecular formula is C27H21N3O2S. The molecule has 5 rings (SSSR count). The summed E-state index contributed by atoms with van der Waals surface area (Å²) in [4.78, 5) is 17.3. The van der Waals surface area contributed by atoms with Crippen LogP contribution < -0.4 is 10.6 Å². The summed E-state index contributed by atoms with van der Waals surface area (Å²) in [6, 6.07) is 25.2. The van der Waals surface area contributed by atoms with E-state index in [0.717, 1.165) is 44.2 Å². The van der Waals surface area contributed by atoms with Gasteiger partial charge in [0, 0.05) is 16.8 Å². The van der Waals surface area contributed by atoms with Gasteiger partial charge in [0.05, 0.1) is 0 Å². The van der Waals surface area contributed by atoms with E-state index < -0.39 is 0 Å². The summed E-state index contributed by atoms with van der Waals surface area (Å²) in [6.45, 7) is 3.99. The third kappa shape index (κ3) is 4.33. The maximum Gasteiger partial charge on any atom is 0.257 e. The first kappa shape index (κ1) is 20.8. The van der Waals surface area contributed by atoms with Gasteiger partial charge in [-0.15, -0.1) is 0 Å². The lowest BCUT2D eigenvalue weighted by molar-refractivity contribution is 0.0978. The van der Waals surface area contributed by atoms with Crippen molar-refractivity contribution in [2.45, 2.75) is 13.8 Å². The van der Waals surface area contributed by atoms with Crippen molar-refractivity contribution in [1.29, 1.82) is 0 Å². The summed E-state index contributed by atoms with van der Waals surface area (Å²) in [5.41, 5.74) is 5.80. The molecule has 4 aromatic carbocycles. The van der Waals surface area contributed by atoms with E-state index in [9.17, 15) is 4.79 Å². The van der Waals surface area contributed by atoms with E-state index in [2.05, 4.69) is 15.6 Å². The fourth-order valence-electron chi connectivity index (χ4n) is 3.71. The number of hydrogen-bond donors (Lipinski definition) is 2. The number of anilines is 1. The molecule has 0 saturated heterocycles. The molecule has 0 aliphatic rings. The number of amides is 1. The monoisotopic (exact) mass is 451 g/mol. The maximum absolute atomic E-state index is 12.7. The third-order valence-electron chi connectivity index (χ3n) is 5.51. The highest BCUT2D eigenvalue weighted by atomic mass is 32.1. The molecule has 0 unspecified atom stereocenters. The maximum atomic E-state index is 12.7. The van der Waals surface area contributed by atoms with Crippen LogP contribution in [-0.4, -0.2) is 16.0 Å². The van der Waals surface area contributed by atoms with Crippen LogP contribution in [0.1, 0.15) is 21.5 Å². The fraction of sp³-hybridized carbons (Fsp3) is 0.0741. The molecule has 33 heavy (non-hydrogen) atoms. The lowest BCUT2D eigenvalue weighted by Gasteiger charge is -2.13. The minimum absolute atomic E-state index is 0.224. The van der Waals surface area contributed by atoms with Gasteiger partial charge in [-0.2, -0.15) is 0 Å². The van der Waals surface area contributed by atoms with Crippen molar-refractivity contribution in [1.82, 2.24) is 10.3 Å². The number of aromatic nitrogens is 1. The second kappa shape index (κ2) is 8.48. The number of nitrogens with one attached hydrogen (secondary N) is 2. The number of carbonyl (C=O) groups excluding carboxylic acids is 1. The SMILES string of the molecule is Cc1ccc2oc(-c3ccc(C)c(NC(=S)NC(=O)c4ccc5ccccc5c4)c3)nc2c1. The van der Waals surface area contributed by atoms with Crippen LogP contribution >= 0.6 is 12.2 Å². The summed E-state index contributed by atoms with van der Waals surface area (Å²) in [5, 5.41) is 8.20. The Morgan fingerprint density at radius 2 is 1.73 bits per heavy atom. The number of carbonyl (C=O) groups is 1. The number of thiocarbonyl (C=S) groups is 1. The molecule has 0 fully saturated rings. The molecule has 0 bridgehead atoms. The van der Waals surface area contributed by atoms with Gasteiger partial charge in [0.25, 0.3) is 5.91 Å². The lowest BCUT2D eigenvalue weighted by Crippen LogP contribution is -2.34. The minimum Gasteiger partial charge on any atom is -0.436 e. The van der Waals surface area contributed by atoms with Gasteiger partial charge >= 0.3 is 0 Å². The molecule has 0 aliphatic heterocycles. The van der Waals surface area contributed by atoms with Crippen molar-refractivity contribution in [3.63, 3.8) is 0 Å². The van der Waals surface area contributed by atoms with Crippen LogP contribution in [0.4, 0.5) is 5.69 Å². The molecule has 5 nitrogen and oxygen atoms in total. The van der Waals surface area contributed by atoms with Gasteiger partial charge in [0.15, 0.2) is 10.7 Å². The van der Waals surface area contributed by atoms with E-state index >= 15 is 0 Å². The van der Waals surface area contributed by atoms with Gasteiger partial charge in [0.2, 0.25) is 5.89 Å². The minimum atomic E-state index is -0.263. The largest absolute Gasteiger partial charge is 0.436 e. The Morgan fingerprint density at radius 1 is 0.909 bits per heavy atom. The van der Waals surface area contributed by atoms with E-state index in [1.165, 1.54) is 0 Å². The van der Waals surface area contributed by atoms with E-state index in [-0.39, 0.29) is 11.0 Å². The molecule has 0 spiro atoms. The normalized spacial score (nSPS) is 11.0. The van der Waals surface area contributed by atoms with E-state index in [1.54, 1.807) is 6.07 Å². The molecule has 1 heterocycles. The van der Waals surface area contributed by atoms with E-state index in [4.69, 9.17) is 16.6 Å². The van der Waals surface area contributed by atoms with Crippen molar-refractivity contribution >= 4 is 50.8 Å².